The Labute approximate surface area is 65.0 Å². The third-order valence-corrected chi connectivity index (χ3v) is 0.985. The maximum atomic E-state index is 12.5. The molecule has 0 aromatic carbocycles. The van der Waals surface area contributed by atoms with Crippen molar-refractivity contribution in [1.29, 1.82) is 0 Å². The van der Waals surface area contributed by atoms with E-state index in [2.05, 4.69) is 4.74 Å². The van der Waals surface area contributed by atoms with Gasteiger partial charge in [0.25, 0.3) is 0 Å². The SMILES string of the molecule is [B]C(F)(CO)OC(CO)CO. The monoisotopic (exact) mass is 164 g/mol. The molecule has 0 aromatic heterocycles. The molecule has 0 fully saturated rings. The van der Waals surface area contributed by atoms with Gasteiger partial charge >= 0.3 is 0 Å². The standard InChI is InChI=1S/C5H10BFO4/c6-5(7,3-10)11-4(1-8)2-9/h4,8-10H,1-3H2. The van der Waals surface area contributed by atoms with Gasteiger partial charge in [-0.1, -0.05) is 0 Å². The Morgan fingerprint density at radius 1 is 1.36 bits per heavy atom. The van der Waals surface area contributed by atoms with Crippen molar-refractivity contribution < 1.29 is 24.4 Å². The lowest BCUT2D eigenvalue weighted by atomic mass is 9.97. The summed E-state index contributed by atoms with van der Waals surface area (Å²) in [5, 5.41) is 25.0. The van der Waals surface area contributed by atoms with Crippen LogP contribution >= 0.6 is 0 Å². The average Bonchev–Trinajstić information content (AvgIpc) is 2.00. The van der Waals surface area contributed by atoms with Crippen molar-refractivity contribution in [2.24, 2.45) is 0 Å². The van der Waals surface area contributed by atoms with Crippen molar-refractivity contribution in [2.45, 2.75) is 11.9 Å². The molecule has 64 valence electrons. The summed E-state index contributed by atoms with van der Waals surface area (Å²) in [4.78, 5) is 0. The summed E-state index contributed by atoms with van der Waals surface area (Å²) in [6, 6.07) is 0. The fourth-order valence-corrected chi connectivity index (χ4v) is 0.447. The molecular formula is C5H10BFO4. The first kappa shape index (κ1) is 10.8. The van der Waals surface area contributed by atoms with Gasteiger partial charge < -0.3 is 20.1 Å². The van der Waals surface area contributed by atoms with E-state index >= 15 is 0 Å². The highest BCUT2D eigenvalue weighted by Gasteiger charge is 2.25. The van der Waals surface area contributed by atoms with Gasteiger partial charge in [-0.3, -0.25) is 0 Å². The van der Waals surface area contributed by atoms with E-state index in [1.807, 2.05) is 0 Å². The van der Waals surface area contributed by atoms with Crippen molar-refractivity contribution in [3.8, 4) is 0 Å². The molecule has 11 heavy (non-hydrogen) atoms. The largest absolute Gasteiger partial charge is 0.394 e. The lowest BCUT2D eigenvalue weighted by Gasteiger charge is -2.23. The third-order valence-electron chi connectivity index (χ3n) is 0.985. The van der Waals surface area contributed by atoms with Crippen molar-refractivity contribution in [3.63, 3.8) is 0 Å². The second kappa shape index (κ2) is 4.66. The lowest BCUT2D eigenvalue weighted by Crippen LogP contribution is -2.39. The van der Waals surface area contributed by atoms with Crippen LogP contribution in [0.4, 0.5) is 4.39 Å². The van der Waals surface area contributed by atoms with E-state index in [9.17, 15) is 4.39 Å². The highest BCUT2D eigenvalue weighted by molar-refractivity contribution is 6.13. The van der Waals surface area contributed by atoms with Gasteiger partial charge in [0.1, 0.15) is 6.10 Å². The van der Waals surface area contributed by atoms with E-state index in [0.29, 0.717) is 0 Å². The molecule has 4 nitrogen and oxygen atoms in total. The van der Waals surface area contributed by atoms with E-state index in [4.69, 9.17) is 23.2 Å². The molecular weight excluding hydrogens is 154 g/mol. The van der Waals surface area contributed by atoms with Gasteiger partial charge in [-0.25, -0.2) is 4.39 Å². The number of rotatable bonds is 5. The summed E-state index contributed by atoms with van der Waals surface area (Å²) >= 11 is 0. The van der Waals surface area contributed by atoms with Gasteiger partial charge in [-0.15, -0.1) is 0 Å². The second-order valence-electron chi connectivity index (χ2n) is 2.05. The molecule has 0 aliphatic heterocycles. The Morgan fingerprint density at radius 3 is 2.09 bits per heavy atom. The zero-order valence-electron chi connectivity index (χ0n) is 5.90. The van der Waals surface area contributed by atoms with Gasteiger partial charge in [0, 0.05) is 0 Å². The van der Waals surface area contributed by atoms with Gasteiger partial charge in [-0.05, 0) is 0 Å². The van der Waals surface area contributed by atoms with E-state index in [0.717, 1.165) is 0 Å². The first-order valence-corrected chi connectivity index (χ1v) is 3.04. The molecule has 1 atom stereocenters. The summed E-state index contributed by atoms with van der Waals surface area (Å²) in [6.45, 7) is -2.14. The van der Waals surface area contributed by atoms with Crippen LogP contribution in [0, 0.1) is 0 Å². The third kappa shape index (κ3) is 4.31. The van der Waals surface area contributed by atoms with Crippen LogP contribution in [0.2, 0.25) is 0 Å². The first-order valence-electron chi connectivity index (χ1n) is 3.04. The molecule has 3 N–H and O–H groups in total. The van der Waals surface area contributed by atoms with Crippen molar-refractivity contribution in [1.82, 2.24) is 0 Å². The smallest absolute Gasteiger partial charge is 0.183 e. The van der Waals surface area contributed by atoms with Crippen LogP contribution in [0.1, 0.15) is 0 Å². The molecule has 0 spiro atoms. The minimum absolute atomic E-state index is 0.556. The number of hydrogen-bond donors (Lipinski definition) is 3. The Bertz CT molecular complexity index is 107. The number of aliphatic hydroxyl groups excluding tert-OH is 3. The fraction of sp³-hybridized carbons (Fsp3) is 1.00. The Morgan fingerprint density at radius 2 is 1.82 bits per heavy atom. The van der Waals surface area contributed by atoms with Gasteiger partial charge in [0.05, 0.1) is 19.8 Å². The molecule has 6 heteroatoms. The molecule has 2 radical (unpaired) electrons. The maximum Gasteiger partial charge on any atom is 0.183 e. The summed E-state index contributed by atoms with van der Waals surface area (Å²) in [5.74, 6) is -2.70. The molecule has 0 aliphatic carbocycles. The molecule has 0 saturated heterocycles. The first-order chi connectivity index (χ1) is 5.05. The fourth-order valence-electron chi connectivity index (χ4n) is 0.447. The lowest BCUT2D eigenvalue weighted by molar-refractivity contribution is -0.163. The van der Waals surface area contributed by atoms with E-state index in [-0.39, 0.29) is 0 Å². The number of ether oxygens (including phenoxy) is 1. The van der Waals surface area contributed by atoms with E-state index in [1.54, 1.807) is 0 Å². The number of alkyl halides is 1. The molecule has 0 rings (SSSR count). The molecule has 0 bridgehead atoms. The van der Waals surface area contributed by atoms with Crippen LogP contribution in [-0.4, -0.2) is 54.8 Å². The van der Waals surface area contributed by atoms with Crippen LogP contribution in [0.3, 0.4) is 0 Å². The average molecular weight is 164 g/mol. The highest BCUT2D eigenvalue weighted by Crippen LogP contribution is 2.09. The van der Waals surface area contributed by atoms with Crippen LogP contribution in [0.25, 0.3) is 0 Å². The number of hydrogen-bond acceptors (Lipinski definition) is 4. The van der Waals surface area contributed by atoms with Crippen molar-refractivity contribution in [2.75, 3.05) is 19.8 Å². The van der Waals surface area contributed by atoms with E-state index < -0.39 is 31.7 Å². The van der Waals surface area contributed by atoms with Gasteiger partial charge in [0.15, 0.2) is 13.6 Å². The zero-order chi connectivity index (χ0) is 8.91. The Hall–Kier alpha value is -0.165. The highest BCUT2D eigenvalue weighted by atomic mass is 19.2. The normalized spacial score (nSPS) is 16.8. The Balaban J connectivity index is 3.79. The minimum Gasteiger partial charge on any atom is -0.394 e. The van der Waals surface area contributed by atoms with Crippen LogP contribution in [0.15, 0.2) is 0 Å². The van der Waals surface area contributed by atoms with Crippen LogP contribution in [-0.2, 0) is 4.74 Å². The molecule has 1 unspecified atom stereocenters. The Kier molecular flexibility index (Phi) is 4.59. The number of halogens is 1. The van der Waals surface area contributed by atoms with Crippen LogP contribution in [0.5, 0.6) is 0 Å². The summed E-state index contributed by atoms with van der Waals surface area (Å²) in [5.41, 5.74) is 0. The zero-order valence-corrected chi connectivity index (χ0v) is 5.90. The molecule has 0 heterocycles. The summed E-state index contributed by atoms with van der Waals surface area (Å²) in [7, 11) is 4.71. The topological polar surface area (TPSA) is 69.9 Å². The van der Waals surface area contributed by atoms with Crippen molar-refractivity contribution >= 4 is 7.85 Å². The predicted octanol–water partition coefficient (Wildman–Crippen LogP) is -1.86. The van der Waals surface area contributed by atoms with Gasteiger partial charge in [0.2, 0.25) is 0 Å². The predicted molar refractivity (Wildman–Crippen MR) is 35.7 cm³/mol. The molecule has 0 aliphatic rings. The molecule has 0 saturated carbocycles. The van der Waals surface area contributed by atoms with Crippen LogP contribution < -0.4 is 0 Å². The molecule has 0 amide bonds. The van der Waals surface area contributed by atoms with Gasteiger partial charge in [-0.2, -0.15) is 0 Å². The summed E-state index contributed by atoms with van der Waals surface area (Å²) < 4.78 is 16.8. The summed E-state index contributed by atoms with van der Waals surface area (Å²) in [6.07, 6.45) is -1.10. The molecule has 0 aromatic rings. The number of aliphatic hydroxyl groups is 3. The van der Waals surface area contributed by atoms with E-state index in [1.165, 1.54) is 0 Å². The maximum absolute atomic E-state index is 12.5. The van der Waals surface area contributed by atoms with Crippen molar-refractivity contribution in [3.05, 3.63) is 0 Å². The quantitative estimate of drug-likeness (QED) is 0.416. The second-order valence-corrected chi connectivity index (χ2v) is 2.05. The minimum atomic E-state index is -2.70.